The number of piperidine rings is 1. The highest BCUT2D eigenvalue weighted by Gasteiger charge is 2.26. The number of halogens is 1. The number of anilines is 2. The maximum absolute atomic E-state index is 13.1. The molecule has 1 N–H and O–H groups in total. The third kappa shape index (κ3) is 5.82. The molecule has 2 aromatic rings. The van der Waals surface area contributed by atoms with Gasteiger partial charge in [-0.15, -0.1) is 0 Å². The van der Waals surface area contributed by atoms with Gasteiger partial charge in [0.25, 0.3) is 0 Å². The standard InChI is InChI=1S/C25H34FN5O/c1-18-15-22(29-24-7-6-21(26)17-27-24)16-23(28-18)20-9-13-31(14-10-20)25(32)8-5-19(2)30-11-3-4-12-30/h6-7,15-17,19-20H,3-5,8-14H2,1-2H3,(H,27,28,29). The summed E-state index contributed by atoms with van der Waals surface area (Å²) in [7, 11) is 0. The average molecular weight is 440 g/mol. The molecular formula is C25H34FN5O. The SMILES string of the molecule is Cc1cc(Nc2ccc(F)cn2)cc(C2CCN(C(=O)CCC(C)N3CCCC3)CC2)n1. The summed E-state index contributed by atoms with van der Waals surface area (Å²) in [5, 5.41) is 3.24. The summed E-state index contributed by atoms with van der Waals surface area (Å²) < 4.78 is 13.1. The first-order valence-electron chi connectivity index (χ1n) is 11.9. The van der Waals surface area contributed by atoms with E-state index in [1.54, 1.807) is 6.07 Å². The first kappa shape index (κ1) is 22.6. The van der Waals surface area contributed by atoms with Crippen molar-refractivity contribution in [3.63, 3.8) is 0 Å². The van der Waals surface area contributed by atoms with Crippen LogP contribution in [0.2, 0.25) is 0 Å². The zero-order valence-corrected chi connectivity index (χ0v) is 19.2. The number of nitrogens with one attached hydrogen (secondary N) is 1. The van der Waals surface area contributed by atoms with Crippen molar-refractivity contribution in [3.05, 3.63) is 47.7 Å². The first-order chi connectivity index (χ1) is 15.5. The lowest BCUT2D eigenvalue weighted by Crippen LogP contribution is -2.39. The Bertz CT molecular complexity index is 905. The molecule has 2 fully saturated rings. The second kappa shape index (κ2) is 10.4. The smallest absolute Gasteiger partial charge is 0.222 e. The van der Waals surface area contributed by atoms with Crippen LogP contribution < -0.4 is 5.32 Å². The molecule has 1 atom stereocenters. The second-order valence-corrected chi connectivity index (χ2v) is 9.19. The van der Waals surface area contributed by atoms with Gasteiger partial charge in [0.05, 0.1) is 6.20 Å². The predicted octanol–water partition coefficient (Wildman–Crippen LogP) is 4.64. The van der Waals surface area contributed by atoms with Crippen LogP contribution in [0.15, 0.2) is 30.5 Å². The monoisotopic (exact) mass is 439 g/mol. The number of aryl methyl sites for hydroxylation is 1. The number of hydrogen-bond acceptors (Lipinski definition) is 5. The number of aromatic nitrogens is 2. The van der Waals surface area contributed by atoms with E-state index in [-0.39, 0.29) is 11.7 Å². The number of rotatable bonds is 7. The zero-order chi connectivity index (χ0) is 22.5. The number of nitrogens with zero attached hydrogens (tertiary/aromatic N) is 4. The fourth-order valence-corrected chi connectivity index (χ4v) is 4.85. The summed E-state index contributed by atoms with van der Waals surface area (Å²) in [5.74, 6) is 0.876. The van der Waals surface area contributed by atoms with E-state index in [0.29, 0.717) is 24.2 Å². The molecule has 32 heavy (non-hydrogen) atoms. The van der Waals surface area contributed by atoms with Crippen LogP contribution in [0.25, 0.3) is 0 Å². The van der Waals surface area contributed by atoms with E-state index >= 15 is 0 Å². The quantitative estimate of drug-likeness (QED) is 0.681. The lowest BCUT2D eigenvalue weighted by Gasteiger charge is -2.33. The molecule has 1 amide bonds. The molecule has 172 valence electrons. The summed E-state index contributed by atoms with van der Waals surface area (Å²) in [5.41, 5.74) is 2.88. The normalized spacial score (nSPS) is 18.7. The van der Waals surface area contributed by atoms with Gasteiger partial charge in [0.1, 0.15) is 11.6 Å². The summed E-state index contributed by atoms with van der Waals surface area (Å²) >= 11 is 0. The van der Waals surface area contributed by atoms with E-state index < -0.39 is 0 Å². The lowest BCUT2D eigenvalue weighted by atomic mass is 9.92. The third-order valence-corrected chi connectivity index (χ3v) is 6.78. The Morgan fingerprint density at radius 2 is 1.94 bits per heavy atom. The van der Waals surface area contributed by atoms with Crippen molar-refractivity contribution >= 4 is 17.4 Å². The predicted molar refractivity (Wildman–Crippen MR) is 125 cm³/mol. The Balaban J connectivity index is 1.30. The van der Waals surface area contributed by atoms with Crippen LogP contribution in [0.5, 0.6) is 0 Å². The molecule has 0 aromatic carbocycles. The minimum atomic E-state index is -0.353. The van der Waals surface area contributed by atoms with Gasteiger partial charge in [-0.1, -0.05) is 0 Å². The molecular weight excluding hydrogens is 405 g/mol. The van der Waals surface area contributed by atoms with Gasteiger partial charge in [-0.05, 0) is 83.3 Å². The minimum absolute atomic E-state index is 0.288. The number of amides is 1. The molecule has 6 nitrogen and oxygen atoms in total. The maximum atomic E-state index is 13.1. The summed E-state index contributed by atoms with van der Waals surface area (Å²) in [6.07, 6.45) is 7.23. The zero-order valence-electron chi connectivity index (χ0n) is 19.2. The van der Waals surface area contributed by atoms with Crippen molar-refractivity contribution in [2.45, 2.75) is 64.3 Å². The summed E-state index contributed by atoms with van der Waals surface area (Å²) in [6, 6.07) is 7.53. The van der Waals surface area contributed by atoms with Crippen LogP contribution in [0, 0.1) is 12.7 Å². The Labute approximate surface area is 190 Å². The first-order valence-corrected chi connectivity index (χ1v) is 11.9. The van der Waals surface area contributed by atoms with Crippen molar-refractivity contribution in [1.82, 2.24) is 19.8 Å². The molecule has 0 aliphatic carbocycles. The van der Waals surface area contributed by atoms with Gasteiger partial charge in [0, 0.05) is 48.5 Å². The fraction of sp³-hybridized carbons (Fsp3) is 0.560. The number of pyridine rings is 2. The molecule has 0 saturated carbocycles. The Morgan fingerprint density at radius 1 is 1.19 bits per heavy atom. The van der Waals surface area contributed by atoms with E-state index in [0.717, 1.165) is 49.4 Å². The minimum Gasteiger partial charge on any atom is -0.343 e. The topological polar surface area (TPSA) is 61.4 Å². The molecule has 0 radical (unpaired) electrons. The van der Waals surface area contributed by atoms with E-state index in [1.807, 2.05) is 17.9 Å². The second-order valence-electron chi connectivity index (χ2n) is 9.19. The van der Waals surface area contributed by atoms with Gasteiger partial charge in [-0.3, -0.25) is 9.78 Å². The number of hydrogen-bond donors (Lipinski definition) is 1. The van der Waals surface area contributed by atoms with Crippen LogP contribution in [0.3, 0.4) is 0 Å². The fourth-order valence-electron chi connectivity index (χ4n) is 4.85. The van der Waals surface area contributed by atoms with Crippen LogP contribution in [-0.4, -0.2) is 57.9 Å². The van der Waals surface area contributed by atoms with Gasteiger partial charge in [-0.2, -0.15) is 0 Å². The molecule has 2 saturated heterocycles. The Hall–Kier alpha value is -2.54. The molecule has 7 heteroatoms. The number of carbonyl (C=O) groups excluding carboxylic acids is 1. The van der Waals surface area contributed by atoms with Crippen molar-refractivity contribution in [1.29, 1.82) is 0 Å². The van der Waals surface area contributed by atoms with Crippen LogP contribution >= 0.6 is 0 Å². The van der Waals surface area contributed by atoms with Crippen molar-refractivity contribution < 1.29 is 9.18 Å². The Morgan fingerprint density at radius 3 is 2.62 bits per heavy atom. The van der Waals surface area contributed by atoms with Gasteiger partial charge >= 0.3 is 0 Å². The van der Waals surface area contributed by atoms with E-state index in [2.05, 4.69) is 28.2 Å². The highest BCUT2D eigenvalue weighted by molar-refractivity contribution is 5.76. The van der Waals surface area contributed by atoms with Crippen LogP contribution in [0.1, 0.15) is 62.8 Å². The molecule has 2 aromatic heterocycles. The van der Waals surface area contributed by atoms with Crippen molar-refractivity contribution in [2.75, 3.05) is 31.5 Å². The van der Waals surface area contributed by atoms with E-state index in [4.69, 9.17) is 4.98 Å². The van der Waals surface area contributed by atoms with Gasteiger partial charge < -0.3 is 15.1 Å². The molecule has 4 heterocycles. The van der Waals surface area contributed by atoms with Crippen LogP contribution in [0.4, 0.5) is 15.9 Å². The van der Waals surface area contributed by atoms with Gasteiger partial charge in [-0.25, -0.2) is 9.37 Å². The summed E-state index contributed by atoms with van der Waals surface area (Å²) in [6.45, 7) is 8.17. The maximum Gasteiger partial charge on any atom is 0.222 e. The molecule has 0 bridgehead atoms. The van der Waals surface area contributed by atoms with Crippen LogP contribution in [-0.2, 0) is 4.79 Å². The largest absolute Gasteiger partial charge is 0.343 e. The number of likely N-dealkylation sites (tertiary alicyclic amines) is 2. The Kier molecular flexibility index (Phi) is 7.35. The highest BCUT2D eigenvalue weighted by Crippen LogP contribution is 2.30. The lowest BCUT2D eigenvalue weighted by molar-refractivity contribution is -0.132. The molecule has 4 rings (SSSR count). The average Bonchev–Trinajstić information content (AvgIpc) is 3.34. The van der Waals surface area contributed by atoms with Crippen molar-refractivity contribution in [2.24, 2.45) is 0 Å². The molecule has 2 aliphatic heterocycles. The molecule has 2 aliphatic rings. The van der Waals surface area contributed by atoms with E-state index in [9.17, 15) is 9.18 Å². The molecule has 1 unspecified atom stereocenters. The highest BCUT2D eigenvalue weighted by atomic mass is 19.1. The van der Waals surface area contributed by atoms with Gasteiger partial charge in [0.2, 0.25) is 5.91 Å². The van der Waals surface area contributed by atoms with Gasteiger partial charge in [0.15, 0.2) is 0 Å². The molecule has 0 spiro atoms. The summed E-state index contributed by atoms with van der Waals surface area (Å²) in [4.78, 5) is 26.1. The number of carbonyl (C=O) groups is 1. The van der Waals surface area contributed by atoms with E-state index in [1.165, 1.54) is 38.2 Å². The van der Waals surface area contributed by atoms with Crippen molar-refractivity contribution in [3.8, 4) is 0 Å². The third-order valence-electron chi connectivity index (χ3n) is 6.78.